The van der Waals surface area contributed by atoms with Crippen molar-refractivity contribution in [2.45, 2.75) is 65.0 Å². The van der Waals surface area contributed by atoms with Crippen molar-refractivity contribution in [3.8, 4) is 0 Å². The Morgan fingerprint density at radius 1 is 1.41 bits per heavy atom. The SMILES string of the molecule is CCO[C@H]1C[C@@H](N(C)C(=O)c2c(C)noc2C)C12CCCC2. The number of carbonyl (C=O) groups excluding carboxylic acids is 1. The molecule has 1 spiro atoms. The molecule has 22 heavy (non-hydrogen) atoms. The quantitative estimate of drug-likeness (QED) is 0.857. The molecule has 0 bridgehead atoms. The lowest BCUT2D eigenvalue weighted by atomic mass is 9.60. The van der Waals surface area contributed by atoms with Crippen molar-refractivity contribution in [1.82, 2.24) is 10.1 Å². The molecule has 3 rings (SSSR count). The molecule has 0 aliphatic heterocycles. The third-order valence-corrected chi connectivity index (χ3v) is 5.68. The van der Waals surface area contributed by atoms with Gasteiger partial charge in [0.15, 0.2) is 0 Å². The summed E-state index contributed by atoms with van der Waals surface area (Å²) in [4.78, 5) is 14.8. The Morgan fingerprint density at radius 3 is 2.64 bits per heavy atom. The molecule has 2 fully saturated rings. The van der Waals surface area contributed by atoms with E-state index in [4.69, 9.17) is 9.26 Å². The number of nitrogens with zero attached hydrogens (tertiary/aromatic N) is 2. The summed E-state index contributed by atoms with van der Waals surface area (Å²) >= 11 is 0. The maximum absolute atomic E-state index is 12.9. The van der Waals surface area contributed by atoms with Crippen molar-refractivity contribution in [2.75, 3.05) is 13.7 Å². The number of aromatic nitrogens is 1. The third-order valence-electron chi connectivity index (χ3n) is 5.68. The van der Waals surface area contributed by atoms with Crippen molar-refractivity contribution in [1.29, 1.82) is 0 Å². The Morgan fingerprint density at radius 2 is 2.09 bits per heavy atom. The first-order chi connectivity index (χ1) is 10.5. The number of amides is 1. The fourth-order valence-electron chi connectivity index (χ4n) is 4.50. The normalized spacial score (nSPS) is 26.2. The van der Waals surface area contributed by atoms with E-state index in [1.54, 1.807) is 6.92 Å². The van der Waals surface area contributed by atoms with Gasteiger partial charge in [-0.3, -0.25) is 4.79 Å². The second kappa shape index (κ2) is 5.69. The van der Waals surface area contributed by atoms with E-state index in [2.05, 4.69) is 12.1 Å². The van der Waals surface area contributed by atoms with Gasteiger partial charge in [-0.15, -0.1) is 0 Å². The average Bonchev–Trinajstić information content (AvgIpc) is 3.11. The maximum Gasteiger partial charge on any atom is 0.259 e. The van der Waals surface area contributed by atoms with E-state index in [1.807, 2.05) is 18.9 Å². The summed E-state index contributed by atoms with van der Waals surface area (Å²) < 4.78 is 11.1. The van der Waals surface area contributed by atoms with E-state index in [-0.39, 0.29) is 17.4 Å². The number of ether oxygens (including phenoxy) is 1. The van der Waals surface area contributed by atoms with Crippen molar-refractivity contribution in [2.24, 2.45) is 5.41 Å². The van der Waals surface area contributed by atoms with Gasteiger partial charge < -0.3 is 14.2 Å². The van der Waals surface area contributed by atoms with Gasteiger partial charge in [0, 0.05) is 25.1 Å². The van der Waals surface area contributed by atoms with E-state index in [9.17, 15) is 4.79 Å². The molecular weight excluding hydrogens is 280 g/mol. The molecule has 1 amide bonds. The van der Waals surface area contributed by atoms with Crippen LogP contribution in [-0.2, 0) is 4.74 Å². The van der Waals surface area contributed by atoms with Gasteiger partial charge in [-0.25, -0.2) is 0 Å². The zero-order chi connectivity index (χ0) is 15.9. The molecule has 2 atom stereocenters. The van der Waals surface area contributed by atoms with E-state index >= 15 is 0 Å². The Hall–Kier alpha value is -1.36. The monoisotopic (exact) mass is 306 g/mol. The molecule has 1 aromatic heterocycles. The number of hydrogen-bond acceptors (Lipinski definition) is 4. The van der Waals surface area contributed by atoms with Gasteiger partial charge in [-0.05, 0) is 40.0 Å². The highest BCUT2D eigenvalue weighted by Crippen LogP contribution is 2.56. The predicted octanol–water partition coefficient (Wildman–Crippen LogP) is 3.10. The smallest absolute Gasteiger partial charge is 0.259 e. The molecule has 2 saturated carbocycles. The number of hydrogen-bond donors (Lipinski definition) is 0. The van der Waals surface area contributed by atoms with Crippen LogP contribution in [0.15, 0.2) is 4.52 Å². The highest BCUT2D eigenvalue weighted by atomic mass is 16.5. The molecule has 2 aliphatic carbocycles. The molecule has 0 saturated heterocycles. The van der Waals surface area contributed by atoms with Gasteiger partial charge in [0.1, 0.15) is 11.3 Å². The summed E-state index contributed by atoms with van der Waals surface area (Å²) in [5.74, 6) is 0.637. The molecule has 1 heterocycles. The van der Waals surface area contributed by atoms with E-state index < -0.39 is 0 Å². The van der Waals surface area contributed by atoms with Crippen LogP contribution in [0.5, 0.6) is 0 Å². The fourth-order valence-corrected chi connectivity index (χ4v) is 4.50. The van der Waals surface area contributed by atoms with Crippen LogP contribution in [-0.4, -0.2) is 41.8 Å². The van der Waals surface area contributed by atoms with E-state index in [1.165, 1.54) is 25.7 Å². The minimum Gasteiger partial charge on any atom is -0.378 e. The first-order valence-electron chi connectivity index (χ1n) is 8.33. The van der Waals surface area contributed by atoms with Crippen molar-refractivity contribution < 1.29 is 14.1 Å². The zero-order valence-electron chi connectivity index (χ0n) is 14.0. The van der Waals surface area contributed by atoms with Gasteiger partial charge in [0.2, 0.25) is 0 Å². The van der Waals surface area contributed by atoms with Crippen LogP contribution >= 0.6 is 0 Å². The molecule has 122 valence electrons. The van der Waals surface area contributed by atoms with Crippen LogP contribution in [0.25, 0.3) is 0 Å². The molecule has 2 aliphatic rings. The number of aryl methyl sites for hydroxylation is 2. The zero-order valence-corrected chi connectivity index (χ0v) is 14.0. The molecule has 5 heteroatoms. The first-order valence-corrected chi connectivity index (χ1v) is 8.33. The molecule has 0 radical (unpaired) electrons. The predicted molar refractivity (Wildman–Crippen MR) is 82.8 cm³/mol. The van der Waals surface area contributed by atoms with Crippen molar-refractivity contribution in [3.63, 3.8) is 0 Å². The second-order valence-electron chi connectivity index (χ2n) is 6.75. The Bertz CT molecular complexity index is 541. The third kappa shape index (κ3) is 2.18. The summed E-state index contributed by atoms with van der Waals surface area (Å²) in [5.41, 5.74) is 1.46. The molecular formula is C17H26N2O3. The largest absolute Gasteiger partial charge is 0.378 e. The minimum atomic E-state index is 0.0301. The number of rotatable bonds is 4. The van der Waals surface area contributed by atoms with E-state index in [0.717, 1.165) is 13.0 Å². The van der Waals surface area contributed by atoms with Gasteiger partial charge >= 0.3 is 0 Å². The Kier molecular flexibility index (Phi) is 4.02. The molecule has 1 aromatic rings. The number of carbonyl (C=O) groups is 1. The molecule has 0 aromatic carbocycles. The maximum atomic E-state index is 12.9. The van der Waals surface area contributed by atoms with Crippen LogP contribution in [0.1, 0.15) is 60.8 Å². The topological polar surface area (TPSA) is 55.6 Å². The lowest BCUT2D eigenvalue weighted by Crippen LogP contribution is -2.64. The first kappa shape index (κ1) is 15.5. The average molecular weight is 306 g/mol. The summed E-state index contributed by atoms with van der Waals surface area (Å²) in [6.45, 7) is 6.43. The lowest BCUT2D eigenvalue weighted by molar-refractivity contribution is -0.152. The van der Waals surface area contributed by atoms with Gasteiger partial charge in [0.05, 0.1) is 11.8 Å². The van der Waals surface area contributed by atoms with Crippen molar-refractivity contribution >= 4 is 5.91 Å². The van der Waals surface area contributed by atoms with E-state index in [0.29, 0.717) is 23.1 Å². The van der Waals surface area contributed by atoms with Crippen LogP contribution in [0.4, 0.5) is 0 Å². The molecule has 0 unspecified atom stereocenters. The Balaban J connectivity index is 1.80. The summed E-state index contributed by atoms with van der Waals surface area (Å²) in [6, 6.07) is 0.271. The summed E-state index contributed by atoms with van der Waals surface area (Å²) in [5, 5.41) is 3.91. The van der Waals surface area contributed by atoms with Crippen molar-refractivity contribution in [3.05, 3.63) is 17.0 Å². The summed E-state index contributed by atoms with van der Waals surface area (Å²) in [6.07, 6.45) is 6.08. The Labute approximate surface area is 132 Å². The van der Waals surface area contributed by atoms with Crippen LogP contribution in [0.3, 0.4) is 0 Å². The molecule has 0 N–H and O–H groups in total. The van der Waals surface area contributed by atoms with Crippen LogP contribution in [0.2, 0.25) is 0 Å². The van der Waals surface area contributed by atoms with Gasteiger partial charge in [-0.1, -0.05) is 18.0 Å². The van der Waals surface area contributed by atoms with Gasteiger partial charge in [-0.2, -0.15) is 0 Å². The fraction of sp³-hybridized carbons (Fsp3) is 0.765. The van der Waals surface area contributed by atoms with Crippen LogP contribution in [0, 0.1) is 19.3 Å². The highest BCUT2D eigenvalue weighted by Gasteiger charge is 2.59. The standard InChI is InChI=1S/C17H26N2O3/c1-5-21-14-10-13(17(14)8-6-7-9-17)19(4)16(20)15-11(2)18-22-12(15)3/h13-14H,5-10H2,1-4H3/t13-,14+/m1/s1. The minimum absolute atomic E-state index is 0.0301. The molecule has 5 nitrogen and oxygen atoms in total. The summed E-state index contributed by atoms with van der Waals surface area (Å²) in [7, 11) is 1.92. The lowest BCUT2D eigenvalue weighted by Gasteiger charge is -2.57. The van der Waals surface area contributed by atoms with Crippen LogP contribution < -0.4 is 0 Å². The second-order valence-corrected chi connectivity index (χ2v) is 6.75. The highest BCUT2D eigenvalue weighted by molar-refractivity contribution is 5.96. The van der Waals surface area contributed by atoms with Gasteiger partial charge in [0.25, 0.3) is 5.91 Å².